The molecular weight excluding hydrogens is 321 g/mol. The topological polar surface area (TPSA) is 75.6 Å². The van der Waals surface area contributed by atoms with Crippen molar-refractivity contribution in [1.82, 2.24) is 5.32 Å². The lowest BCUT2D eigenvalue weighted by atomic mass is 10.2. The minimum Gasteiger partial charge on any atom is -0.492 e. The number of hydrogen-bond donors (Lipinski definition) is 2. The first-order valence-electron chi connectivity index (χ1n) is 6.98. The lowest BCUT2D eigenvalue weighted by Crippen LogP contribution is -2.42. The van der Waals surface area contributed by atoms with E-state index < -0.39 is 24.6 Å². The zero-order valence-corrected chi connectivity index (χ0v) is 13.2. The number of hydrogen-bond acceptors (Lipinski definition) is 4. The van der Waals surface area contributed by atoms with Crippen LogP contribution in [0, 0.1) is 0 Å². The van der Waals surface area contributed by atoms with Crippen molar-refractivity contribution >= 4 is 23.2 Å². The number of ether oxygens (including phenoxy) is 1. The molecule has 122 valence electrons. The highest BCUT2D eigenvalue weighted by Crippen LogP contribution is 2.36. The van der Waals surface area contributed by atoms with Crippen LogP contribution in [-0.2, 0) is 4.79 Å². The van der Waals surface area contributed by atoms with Crippen molar-refractivity contribution in [2.75, 3.05) is 13.3 Å². The summed E-state index contributed by atoms with van der Waals surface area (Å²) in [6, 6.07) is 9.57. The van der Waals surface area contributed by atoms with Crippen LogP contribution in [0.3, 0.4) is 0 Å². The molecule has 0 aliphatic heterocycles. The second kappa shape index (κ2) is 7.73. The van der Waals surface area contributed by atoms with E-state index in [0.717, 1.165) is 10.4 Å². The monoisotopic (exact) mass is 337 g/mol. The maximum absolute atomic E-state index is 12.7. The van der Waals surface area contributed by atoms with Gasteiger partial charge in [-0.05, 0) is 18.6 Å². The predicted octanol–water partition coefficient (Wildman–Crippen LogP) is 2.97. The number of amides is 1. The highest BCUT2D eigenvalue weighted by molar-refractivity contribution is 7.17. The van der Waals surface area contributed by atoms with Crippen LogP contribution >= 0.6 is 11.3 Å². The lowest BCUT2D eigenvalue weighted by Gasteiger charge is -2.10. The van der Waals surface area contributed by atoms with E-state index in [1.54, 1.807) is 13.0 Å². The Balaban J connectivity index is 2.31. The fraction of sp³-hybridized carbons (Fsp3) is 0.250. The van der Waals surface area contributed by atoms with Crippen LogP contribution in [0.15, 0.2) is 36.4 Å². The van der Waals surface area contributed by atoms with Crippen molar-refractivity contribution in [2.45, 2.75) is 13.0 Å². The van der Waals surface area contributed by atoms with E-state index in [1.165, 1.54) is 11.3 Å². The number of halogens is 1. The molecule has 0 bridgehead atoms. The Morgan fingerprint density at radius 3 is 2.61 bits per heavy atom. The van der Waals surface area contributed by atoms with Gasteiger partial charge in [0.1, 0.15) is 17.3 Å². The molecule has 1 aromatic carbocycles. The zero-order chi connectivity index (χ0) is 16.8. The van der Waals surface area contributed by atoms with Crippen LogP contribution < -0.4 is 10.1 Å². The molecule has 1 atom stereocenters. The van der Waals surface area contributed by atoms with Gasteiger partial charge >= 0.3 is 5.97 Å². The van der Waals surface area contributed by atoms with Gasteiger partial charge in [-0.2, -0.15) is 0 Å². The molecule has 23 heavy (non-hydrogen) atoms. The molecule has 0 radical (unpaired) electrons. The molecule has 0 aliphatic rings. The first kappa shape index (κ1) is 17.0. The number of aliphatic carboxylic acids is 1. The largest absolute Gasteiger partial charge is 0.492 e. The SMILES string of the molecule is CCOc1cc(-c2ccccc2)sc1C(=O)NC(CF)C(=O)O. The third-order valence-electron chi connectivity index (χ3n) is 3.02. The Morgan fingerprint density at radius 1 is 1.35 bits per heavy atom. The van der Waals surface area contributed by atoms with Gasteiger partial charge in [0, 0.05) is 4.88 Å². The third-order valence-corrected chi connectivity index (χ3v) is 4.18. The van der Waals surface area contributed by atoms with Crippen molar-refractivity contribution < 1.29 is 23.8 Å². The van der Waals surface area contributed by atoms with E-state index in [-0.39, 0.29) is 4.88 Å². The average Bonchev–Trinajstić information content (AvgIpc) is 2.97. The molecule has 0 spiro atoms. The number of thiophene rings is 1. The summed E-state index contributed by atoms with van der Waals surface area (Å²) in [6.07, 6.45) is 0. The Labute approximate surface area is 136 Å². The summed E-state index contributed by atoms with van der Waals surface area (Å²) >= 11 is 1.17. The standard InChI is InChI=1S/C16H16FNO4S/c1-2-22-12-8-13(10-6-4-3-5-7-10)23-14(12)15(19)18-11(9-17)16(20)21/h3-8,11H,2,9H2,1H3,(H,18,19)(H,20,21). The Kier molecular flexibility index (Phi) is 5.70. The molecule has 1 aromatic heterocycles. The molecule has 5 nitrogen and oxygen atoms in total. The molecule has 2 aromatic rings. The van der Waals surface area contributed by atoms with Crippen molar-refractivity contribution in [3.8, 4) is 16.2 Å². The Morgan fingerprint density at radius 2 is 2.04 bits per heavy atom. The van der Waals surface area contributed by atoms with Crippen molar-refractivity contribution in [2.24, 2.45) is 0 Å². The molecule has 0 saturated carbocycles. The molecule has 2 N–H and O–H groups in total. The summed E-state index contributed by atoms with van der Waals surface area (Å²) in [4.78, 5) is 24.1. The molecule has 7 heteroatoms. The molecule has 1 unspecified atom stereocenters. The first-order chi connectivity index (χ1) is 11.1. The maximum atomic E-state index is 12.7. The van der Waals surface area contributed by atoms with Crippen LogP contribution in [-0.4, -0.2) is 36.3 Å². The van der Waals surface area contributed by atoms with Gasteiger partial charge in [-0.15, -0.1) is 11.3 Å². The van der Waals surface area contributed by atoms with Crippen LogP contribution in [0.4, 0.5) is 4.39 Å². The van der Waals surface area contributed by atoms with Crippen molar-refractivity contribution in [3.05, 3.63) is 41.3 Å². The van der Waals surface area contributed by atoms with E-state index in [4.69, 9.17) is 9.84 Å². The van der Waals surface area contributed by atoms with E-state index in [1.807, 2.05) is 30.3 Å². The minimum atomic E-state index is -1.57. The van der Waals surface area contributed by atoms with E-state index in [0.29, 0.717) is 12.4 Å². The van der Waals surface area contributed by atoms with Gasteiger partial charge in [0.05, 0.1) is 6.61 Å². The number of alkyl halides is 1. The zero-order valence-electron chi connectivity index (χ0n) is 12.4. The van der Waals surface area contributed by atoms with Crippen LogP contribution in [0.2, 0.25) is 0 Å². The lowest BCUT2D eigenvalue weighted by molar-refractivity contribution is -0.139. The molecule has 1 amide bonds. The van der Waals surface area contributed by atoms with Gasteiger partial charge in [-0.3, -0.25) is 4.79 Å². The highest BCUT2D eigenvalue weighted by Gasteiger charge is 2.24. The number of benzene rings is 1. The number of rotatable bonds is 7. The summed E-state index contributed by atoms with van der Waals surface area (Å²) in [5.74, 6) is -1.72. The van der Waals surface area contributed by atoms with Crippen LogP contribution in [0.1, 0.15) is 16.6 Å². The van der Waals surface area contributed by atoms with Gasteiger partial charge < -0.3 is 15.2 Å². The second-order valence-corrected chi connectivity index (χ2v) is 5.67. The van der Waals surface area contributed by atoms with Gasteiger partial charge in [0.15, 0.2) is 6.04 Å². The Hall–Kier alpha value is -2.41. The molecule has 2 rings (SSSR count). The number of carbonyl (C=O) groups is 2. The van der Waals surface area contributed by atoms with Gasteiger partial charge in [0.2, 0.25) is 0 Å². The number of carbonyl (C=O) groups excluding carboxylic acids is 1. The molecular formula is C16H16FNO4S. The van der Waals surface area contributed by atoms with E-state index >= 15 is 0 Å². The minimum absolute atomic E-state index is 0.227. The molecule has 1 heterocycles. The molecule has 0 saturated heterocycles. The summed E-state index contributed by atoms with van der Waals surface area (Å²) in [6.45, 7) is 0.960. The summed E-state index contributed by atoms with van der Waals surface area (Å²) in [7, 11) is 0. The fourth-order valence-electron chi connectivity index (χ4n) is 1.93. The van der Waals surface area contributed by atoms with Gasteiger partial charge in [0.25, 0.3) is 5.91 Å². The normalized spacial score (nSPS) is 11.7. The highest BCUT2D eigenvalue weighted by atomic mass is 32.1. The number of carboxylic acid groups (broad SMARTS) is 1. The summed E-state index contributed by atoms with van der Waals surface area (Å²) in [5.41, 5.74) is 0.915. The van der Waals surface area contributed by atoms with E-state index in [2.05, 4.69) is 5.32 Å². The summed E-state index contributed by atoms with van der Waals surface area (Å²) < 4.78 is 18.1. The molecule has 0 aliphatic carbocycles. The third kappa shape index (κ3) is 4.07. The smallest absolute Gasteiger partial charge is 0.328 e. The van der Waals surface area contributed by atoms with E-state index in [9.17, 15) is 14.0 Å². The quantitative estimate of drug-likeness (QED) is 0.814. The summed E-state index contributed by atoms with van der Waals surface area (Å²) in [5, 5.41) is 11.0. The van der Waals surface area contributed by atoms with Gasteiger partial charge in [-0.1, -0.05) is 30.3 Å². The van der Waals surface area contributed by atoms with Crippen LogP contribution in [0.5, 0.6) is 5.75 Å². The molecule has 0 fully saturated rings. The first-order valence-corrected chi connectivity index (χ1v) is 7.80. The average molecular weight is 337 g/mol. The van der Waals surface area contributed by atoms with Gasteiger partial charge in [-0.25, -0.2) is 9.18 Å². The van der Waals surface area contributed by atoms with Crippen LogP contribution in [0.25, 0.3) is 10.4 Å². The van der Waals surface area contributed by atoms with Crippen molar-refractivity contribution in [1.29, 1.82) is 0 Å². The predicted molar refractivity (Wildman–Crippen MR) is 85.8 cm³/mol. The number of nitrogens with one attached hydrogen (secondary N) is 1. The fourth-order valence-corrected chi connectivity index (χ4v) is 2.94. The van der Waals surface area contributed by atoms with Crippen molar-refractivity contribution in [3.63, 3.8) is 0 Å². The maximum Gasteiger partial charge on any atom is 0.328 e. The number of carboxylic acids is 1. The Bertz CT molecular complexity index is 687. The second-order valence-electron chi connectivity index (χ2n) is 4.62.